The summed E-state index contributed by atoms with van der Waals surface area (Å²) in [6, 6.07) is 7.31. The Morgan fingerprint density at radius 3 is 3.09 bits per heavy atom. The van der Waals surface area contributed by atoms with Gasteiger partial charge in [-0.3, -0.25) is 9.78 Å². The van der Waals surface area contributed by atoms with Gasteiger partial charge in [0.1, 0.15) is 5.69 Å². The van der Waals surface area contributed by atoms with Crippen LogP contribution in [0.4, 0.5) is 0 Å². The Hall–Kier alpha value is -2.54. The van der Waals surface area contributed by atoms with E-state index in [1.807, 2.05) is 22.9 Å². The van der Waals surface area contributed by atoms with Crippen molar-refractivity contribution in [3.63, 3.8) is 0 Å². The Morgan fingerprint density at radius 1 is 1.35 bits per heavy atom. The molecule has 6 nitrogen and oxygen atoms in total. The number of amides is 1. The zero-order chi connectivity index (χ0) is 15.6. The van der Waals surface area contributed by atoms with Crippen molar-refractivity contribution in [2.45, 2.75) is 12.3 Å². The summed E-state index contributed by atoms with van der Waals surface area (Å²) in [6.45, 7) is 1.28. The van der Waals surface area contributed by atoms with Gasteiger partial charge in [-0.2, -0.15) is 16.3 Å². The number of thiophene rings is 1. The second-order valence-corrected chi connectivity index (χ2v) is 6.20. The maximum absolute atomic E-state index is 12.4. The summed E-state index contributed by atoms with van der Waals surface area (Å²) in [4.78, 5) is 22.8. The molecule has 1 saturated heterocycles. The van der Waals surface area contributed by atoms with Crippen molar-refractivity contribution in [2.24, 2.45) is 0 Å². The maximum Gasteiger partial charge on any atom is 0.272 e. The van der Waals surface area contributed by atoms with Gasteiger partial charge in [-0.1, -0.05) is 11.2 Å². The lowest BCUT2D eigenvalue weighted by molar-refractivity contribution is 0.0784. The largest absolute Gasteiger partial charge is 0.337 e. The second kappa shape index (κ2) is 5.92. The van der Waals surface area contributed by atoms with Crippen LogP contribution in [-0.2, 0) is 0 Å². The van der Waals surface area contributed by atoms with E-state index in [4.69, 9.17) is 4.52 Å². The molecule has 1 amide bonds. The highest BCUT2D eigenvalue weighted by atomic mass is 32.1. The van der Waals surface area contributed by atoms with Gasteiger partial charge in [0, 0.05) is 30.6 Å². The zero-order valence-corrected chi connectivity index (χ0v) is 13.1. The molecule has 0 unspecified atom stereocenters. The van der Waals surface area contributed by atoms with Crippen molar-refractivity contribution >= 4 is 17.2 Å². The molecular weight excluding hydrogens is 312 g/mol. The monoisotopic (exact) mass is 326 g/mol. The number of aromatic nitrogens is 3. The van der Waals surface area contributed by atoms with Gasteiger partial charge in [0.15, 0.2) is 5.82 Å². The minimum absolute atomic E-state index is 0.0466. The second-order valence-electron chi connectivity index (χ2n) is 5.42. The first kappa shape index (κ1) is 14.1. The topological polar surface area (TPSA) is 72.1 Å². The van der Waals surface area contributed by atoms with Crippen LogP contribution >= 0.6 is 11.3 Å². The molecule has 3 aromatic heterocycles. The molecule has 4 rings (SSSR count). The Balaban J connectivity index is 1.47. The van der Waals surface area contributed by atoms with E-state index in [1.165, 1.54) is 0 Å². The molecule has 1 aliphatic heterocycles. The van der Waals surface area contributed by atoms with Gasteiger partial charge >= 0.3 is 0 Å². The number of hydrogen-bond acceptors (Lipinski definition) is 6. The Bertz CT molecular complexity index is 801. The normalized spacial score (nSPS) is 17.6. The van der Waals surface area contributed by atoms with Crippen LogP contribution in [0.25, 0.3) is 11.5 Å². The molecule has 0 bridgehead atoms. The van der Waals surface area contributed by atoms with Crippen LogP contribution in [0.15, 0.2) is 45.7 Å². The molecule has 0 spiro atoms. The van der Waals surface area contributed by atoms with Gasteiger partial charge < -0.3 is 9.42 Å². The molecule has 4 heterocycles. The van der Waals surface area contributed by atoms with E-state index in [0.717, 1.165) is 12.0 Å². The number of nitrogens with zero attached hydrogens (tertiary/aromatic N) is 4. The van der Waals surface area contributed by atoms with Gasteiger partial charge in [0.05, 0.1) is 5.56 Å². The molecule has 0 N–H and O–H groups in total. The van der Waals surface area contributed by atoms with E-state index >= 15 is 0 Å². The molecule has 0 saturated carbocycles. The van der Waals surface area contributed by atoms with E-state index in [-0.39, 0.29) is 11.8 Å². The van der Waals surface area contributed by atoms with Crippen LogP contribution in [0.2, 0.25) is 0 Å². The quantitative estimate of drug-likeness (QED) is 0.740. The fourth-order valence-corrected chi connectivity index (χ4v) is 3.34. The van der Waals surface area contributed by atoms with Crippen LogP contribution in [0, 0.1) is 0 Å². The molecule has 1 fully saturated rings. The van der Waals surface area contributed by atoms with E-state index in [0.29, 0.717) is 30.5 Å². The molecule has 116 valence electrons. The van der Waals surface area contributed by atoms with Crippen molar-refractivity contribution in [1.82, 2.24) is 20.0 Å². The van der Waals surface area contributed by atoms with Crippen molar-refractivity contribution in [3.8, 4) is 11.5 Å². The molecule has 1 atom stereocenters. The first-order valence-electron chi connectivity index (χ1n) is 7.38. The predicted molar refractivity (Wildman–Crippen MR) is 85.1 cm³/mol. The van der Waals surface area contributed by atoms with Gasteiger partial charge in [0.2, 0.25) is 0 Å². The highest BCUT2D eigenvalue weighted by molar-refractivity contribution is 7.08. The van der Waals surface area contributed by atoms with Crippen molar-refractivity contribution in [1.29, 1.82) is 0 Å². The predicted octanol–water partition coefficient (Wildman–Crippen LogP) is 2.82. The number of carbonyl (C=O) groups is 1. The van der Waals surface area contributed by atoms with Gasteiger partial charge in [-0.25, -0.2) is 0 Å². The highest BCUT2D eigenvalue weighted by Crippen LogP contribution is 2.28. The number of likely N-dealkylation sites (tertiary alicyclic amines) is 1. The average molecular weight is 326 g/mol. The molecular formula is C16H14N4O2S. The molecule has 7 heteroatoms. The van der Waals surface area contributed by atoms with Gasteiger partial charge in [0.25, 0.3) is 11.8 Å². The zero-order valence-electron chi connectivity index (χ0n) is 12.3. The third-order valence-corrected chi connectivity index (χ3v) is 4.62. The molecule has 0 aliphatic carbocycles. The van der Waals surface area contributed by atoms with Crippen LogP contribution in [0.3, 0.4) is 0 Å². The van der Waals surface area contributed by atoms with Gasteiger partial charge in [-0.15, -0.1) is 0 Å². The summed E-state index contributed by atoms with van der Waals surface area (Å²) in [5.74, 6) is 1.27. The van der Waals surface area contributed by atoms with Crippen molar-refractivity contribution in [2.75, 3.05) is 13.1 Å². The summed E-state index contributed by atoms with van der Waals surface area (Å²) in [5.41, 5.74) is 1.41. The Kier molecular flexibility index (Phi) is 3.63. The first-order valence-corrected chi connectivity index (χ1v) is 8.32. The Morgan fingerprint density at radius 2 is 2.30 bits per heavy atom. The third-order valence-electron chi connectivity index (χ3n) is 3.93. The molecule has 3 aromatic rings. The average Bonchev–Trinajstić information content (AvgIpc) is 3.34. The molecule has 0 aromatic carbocycles. The highest BCUT2D eigenvalue weighted by Gasteiger charge is 2.31. The summed E-state index contributed by atoms with van der Waals surface area (Å²) in [5, 5.41) is 8.03. The lowest BCUT2D eigenvalue weighted by Gasteiger charge is -2.14. The van der Waals surface area contributed by atoms with E-state index in [2.05, 4.69) is 15.1 Å². The van der Waals surface area contributed by atoms with Gasteiger partial charge in [-0.05, 0) is 30.0 Å². The number of rotatable bonds is 3. The molecule has 1 aliphatic rings. The first-order chi connectivity index (χ1) is 11.3. The fourth-order valence-electron chi connectivity index (χ4n) is 2.71. The lowest BCUT2D eigenvalue weighted by Crippen LogP contribution is -2.29. The summed E-state index contributed by atoms with van der Waals surface area (Å²) in [7, 11) is 0. The summed E-state index contributed by atoms with van der Waals surface area (Å²) >= 11 is 1.59. The minimum Gasteiger partial charge on any atom is -0.337 e. The van der Waals surface area contributed by atoms with Crippen molar-refractivity contribution < 1.29 is 9.32 Å². The SMILES string of the molecule is O=C(c1ccccn1)N1CC[C@@H](c2noc(-c3ccsc3)n2)C1. The lowest BCUT2D eigenvalue weighted by atomic mass is 10.1. The summed E-state index contributed by atoms with van der Waals surface area (Å²) in [6.07, 6.45) is 2.47. The fraction of sp³-hybridized carbons (Fsp3) is 0.250. The Labute approximate surface area is 136 Å². The maximum atomic E-state index is 12.4. The van der Waals surface area contributed by atoms with Crippen LogP contribution in [0.1, 0.15) is 28.7 Å². The van der Waals surface area contributed by atoms with E-state index in [9.17, 15) is 4.79 Å². The molecule has 23 heavy (non-hydrogen) atoms. The third kappa shape index (κ3) is 2.75. The van der Waals surface area contributed by atoms with Crippen LogP contribution < -0.4 is 0 Å². The van der Waals surface area contributed by atoms with E-state index < -0.39 is 0 Å². The molecule has 0 radical (unpaired) electrons. The summed E-state index contributed by atoms with van der Waals surface area (Å²) < 4.78 is 5.33. The smallest absolute Gasteiger partial charge is 0.272 e. The van der Waals surface area contributed by atoms with Crippen LogP contribution in [-0.4, -0.2) is 39.0 Å². The standard InChI is InChI=1S/C16H14N4O2S/c21-16(13-3-1-2-6-17-13)20-7-4-11(9-20)14-18-15(22-19-14)12-5-8-23-10-12/h1-3,5-6,8,10-11H,4,7,9H2/t11-/m1/s1. The van der Waals surface area contributed by atoms with E-state index in [1.54, 1.807) is 34.6 Å². The minimum atomic E-state index is -0.0466. The van der Waals surface area contributed by atoms with Crippen LogP contribution in [0.5, 0.6) is 0 Å². The van der Waals surface area contributed by atoms with Crippen molar-refractivity contribution in [3.05, 3.63) is 52.7 Å². The number of hydrogen-bond donors (Lipinski definition) is 0. The number of carbonyl (C=O) groups excluding carboxylic acids is 1. The number of pyridine rings is 1.